The van der Waals surface area contributed by atoms with E-state index < -0.39 is 0 Å². The first-order valence-electron chi connectivity index (χ1n) is 19.9. The van der Waals surface area contributed by atoms with E-state index in [4.69, 9.17) is 4.42 Å². The Morgan fingerprint density at radius 2 is 0.649 bits per heavy atom. The third kappa shape index (κ3) is 4.95. The van der Waals surface area contributed by atoms with E-state index in [1.54, 1.807) is 0 Å². The van der Waals surface area contributed by atoms with Crippen molar-refractivity contribution in [1.29, 1.82) is 0 Å². The molecule has 0 bridgehead atoms. The number of benzene rings is 10. The Kier molecular flexibility index (Phi) is 7.50. The molecule has 0 aliphatic carbocycles. The van der Waals surface area contributed by atoms with Crippen LogP contribution < -0.4 is 0 Å². The molecule has 270 valence electrons. The van der Waals surface area contributed by atoms with Crippen molar-refractivity contribution in [3.63, 3.8) is 0 Å². The van der Waals surface area contributed by atoms with Crippen molar-refractivity contribution in [2.24, 2.45) is 0 Å². The predicted molar refractivity (Wildman–Crippen MR) is 244 cm³/mol. The highest BCUT2D eigenvalue weighted by atomic mass is 16.3. The van der Waals surface area contributed by atoms with E-state index in [-0.39, 0.29) is 0 Å². The second-order valence-electron chi connectivity index (χ2n) is 15.7. The normalized spacial score (nSPS) is 11.9. The Morgan fingerprint density at radius 1 is 0.281 bits per heavy atom. The highest BCUT2D eigenvalue weighted by molar-refractivity contribution is 6.26. The van der Waals surface area contributed by atoms with Crippen molar-refractivity contribution in [2.45, 2.75) is 27.7 Å². The summed E-state index contributed by atoms with van der Waals surface area (Å²) in [7, 11) is 0. The van der Waals surface area contributed by atoms with Gasteiger partial charge in [0.2, 0.25) is 0 Å². The molecule has 0 saturated carbocycles. The molecule has 0 amide bonds. The topological polar surface area (TPSA) is 13.1 Å². The third-order valence-electron chi connectivity index (χ3n) is 12.4. The summed E-state index contributed by atoms with van der Waals surface area (Å²) in [6, 6.07) is 62.4. The fourth-order valence-corrected chi connectivity index (χ4v) is 9.96. The Balaban J connectivity index is 1.18. The van der Waals surface area contributed by atoms with Crippen LogP contribution in [0.4, 0.5) is 0 Å². The van der Waals surface area contributed by atoms with Gasteiger partial charge in [0.15, 0.2) is 0 Å². The number of para-hydroxylation sites is 1. The molecule has 1 heterocycles. The number of furan rings is 1. The first-order valence-corrected chi connectivity index (χ1v) is 19.9. The number of fused-ring (bicyclic) bond motifs is 7. The molecular weight excluding hydrogens is 689 g/mol. The van der Waals surface area contributed by atoms with Crippen molar-refractivity contribution in [2.75, 3.05) is 0 Å². The number of hydrogen-bond donors (Lipinski definition) is 0. The SMILES string of the molecule is Cc1cccc(C)c1-c1c2ccccc2c(-c2ccc3c(c2)oc2c(-c4c5ccccc5c(-c5c(C)cccc5C)c5ccccc45)cccc23)c2ccccc12. The second kappa shape index (κ2) is 12.8. The highest BCUT2D eigenvalue weighted by Gasteiger charge is 2.23. The third-order valence-corrected chi connectivity index (χ3v) is 12.4. The summed E-state index contributed by atoms with van der Waals surface area (Å²) >= 11 is 0. The molecule has 0 aliphatic rings. The van der Waals surface area contributed by atoms with Crippen molar-refractivity contribution >= 4 is 65.0 Å². The molecule has 1 aromatic heterocycles. The highest BCUT2D eigenvalue weighted by Crippen LogP contribution is 2.49. The summed E-state index contributed by atoms with van der Waals surface area (Å²) in [6.07, 6.45) is 0. The lowest BCUT2D eigenvalue weighted by Crippen LogP contribution is -1.94. The number of rotatable bonds is 4. The van der Waals surface area contributed by atoms with E-state index in [2.05, 4.69) is 198 Å². The van der Waals surface area contributed by atoms with Crippen LogP contribution in [0.2, 0.25) is 0 Å². The first-order chi connectivity index (χ1) is 28.0. The molecule has 0 atom stereocenters. The van der Waals surface area contributed by atoms with Crippen LogP contribution in [0.5, 0.6) is 0 Å². The summed E-state index contributed by atoms with van der Waals surface area (Å²) in [5.41, 5.74) is 16.9. The summed E-state index contributed by atoms with van der Waals surface area (Å²) in [5.74, 6) is 0. The Hall–Kier alpha value is -6.96. The zero-order valence-electron chi connectivity index (χ0n) is 32.6. The molecule has 1 nitrogen and oxygen atoms in total. The molecule has 0 spiro atoms. The zero-order valence-corrected chi connectivity index (χ0v) is 32.6. The predicted octanol–water partition coefficient (Wildman–Crippen LogP) is 16.1. The van der Waals surface area contributed by atoms with Crippen LogP contribution in [0, 0.1) is 27.7 Å². The fourth-order valence-electron chi connectivity index (χ4n) is 9.96. The van der Waals surface area contributed by atoms with Crippen LogP contribution >= 0.6 is 0 Å². The molecular formula is C56H40O. The van der Waals surface area contributed by atoms with Crippen molar-refractivity contribution < 1.29 is 4.42 Å². The van der Waals surface area contributed by atoms with Gasteiger partial charge in [0.05, 0.1) is 0 Å². The van der Waals surface area contributed by atoms with Crippen molar-refractivity contribution in [3.05, 3.63) is 192 Å². The van der Waals surface area contributed by atoms with Gasteiger partial charge in [-0.2, -0.15) is 0 Å². The summed E-state index contributed by atoms with van der Waals surface area (Å²) in [6.45, 7) is 8.92. The van der Waals surface area contributed by atoms with Crippen LogP contribution in [-0.4, -0.2) is 0 Å². The fraction of sp³-hybridized carbons (Fsp3) is 0.0714. The minimum absolute atomic E-state index is 0.891. The van der Waals surface area contributed by atoms with Crippen molar-refractivity contribution in [1.82, 2.24) is 0 Å². The van der Waals surface area contributed by atoms with Crippen LogP contribution in [0.3, 0.4) is 0 Å². The van der Waals surface area contributed by atoms with Gasteiger partial charge in [0.1, 0.15) is 11.2 Å². The van der Waals surface area contributed by atoms with E-state index in [1.807, 2.05) is 0 Å². The number of hydrogen-bond acceptors (Lipinski definition) is 1. The largest absolute Gasteiger partial charge is 0.455 e. The minimum Gasteiger partial charge on any atom is -0.455 e. The lowest BCUT2D eigenvalue weighted by Gasteiger charge is -2.20. The average molecular weight is 729 g/mol. The second-order valence-corrected chi connectivity index (χ2v) is 15.7. The molecule has 10 aromatic carbocycles. The van der Waals surface area contributed by atoms with Crippen molar-refractivity contribution in [3.8, 4) is 44.5 Å². The summed E-state index contributed by atoms with van der Waals surface area (Å²) < 4.78 is 7.10. The Morgan fingerprint density at radius 3 is 1.09 bits per heavy atom. The van der Waals surface area contributed by atoms with Gasteiger partial charge in [-0.25, -0.2) is 0 Å². The van der Waals surface area contributed by atoms with Gasteiger partial charge in [0.25, 0.3) is 0 Å². The molecule has 11 rings (SSSR count). The lowest BCUT2D eigenvalue weighted by molar-refractivity contribution is 0.670. The lowest BCUT2D eigenvalue weighted by atomic mass is 9.83. The maximum Gasteiger partial charge on any atom is 0.143 e. The van der Waals surface area contributed by atoms with Gasteiger partial charge in [-0.15, -0.1) is 0 Å². The Labute approximate surface area is 332 Å². The summed E-state index contributed by atoms with van der Waals surface area (Å²) in [4.78, 5) is 0. The van der Waals surface area contributed by atoms with Crippen LogP contribution in [0.15, 0.2) is 174 Å². The first kappa shape index (κ1) is 33.4. The van der Waals surface area contributed by atoms with Crippen LogP contribution in [0.25, 0.3) is 110 Å². The van der Waals surface area contributed by atoms with Gasteiger partial charge in [-0.1, -0.05) is 158 Å². The number of aryl methyl sites for hydroxylation is 4. The zero-order chi connectivity index (χ0) is 38.4. The van der Waals surface area contributed by atoms with Crippen LogP contribution in [0.1, 0.15) is 22.3 Å². The van der Waals surface area contributed by atoms with Crippen LogP contribution in [-0.2, 0) is 0 Å². The molecule has 0 radical (unpaired) electrons. The van der Waals surface area contributed by atoms with Gasteiger partial charge in [-0.3, -0.25) is 0 Å². The molecule has 0 aliphatic heterocycles. The molecule has 0 N–H and O–H groups in total. The smallest absolute Gasteiger partial charge is 0.143 e. The molecule has 57 heavy (non-hydrogen) atoms. The minimum atomic E-state index is 0.891. The molecule has 1 heteroatoms. The van der Waals surface area contributed by atoms with E-state index >= 15 is 0 Å². The van der Waals surface area contributed by atoms with Gasteiger partial charge >= 0.3 is 0 Å². The molecule has 0 saturated heterocycles. The molecule has 0 fully saturated rings. The van der Waals surface area contributed by atoms with E-state index in [9.17, 15) is 0 Å². The Bertz CT molecular complexity index is 3290. The van der Waals surface area contributed by atoms with E-state index in [0.29, 0.717) is 0 Å². The van der Waals surface area contributed by atoms with Gasteiger partial charge in [-0.05, 0) is 139 Å². The molecule has 11 aromatic rings. The summed E-state index contributed by atoms with van der Waals surface area (Å²) in [5, 5.41) is 12.2. The monoisotopic (exact) mass is 728 g/mol. The maximum atomic E-state index is 7.10. The van der Waals surface area contributed by atoms with Gasteiger partial charge in [0, 0.05) is 21.9 Å². The molecule has 0 unspecified atom stereocenters. The van der Waals surface area contributed by atoms with E-state index in [0.717, 1.165) is 33.1 Å². The standard InChI is InChI=1S/C56H40O/c1-33-16-13-17-34(2)50(33)54-43-24-9-5-20-39(43)52(40-21-6-10-25-44(40)54)37-30-31-38-47-28-15-29-48(56(47)57-49(38)32-37)53-41-22-7-11-26-45(41)55(46-27-12-8-23-42(46)53)51-35(3)18-14-19-36(51)4/h5-32H,1-4H3. The average Bonchev–Trinajstić information content (AvgIpc) is 3.61. The quantitative estimate of drug-likeness (QED) is 0.165. The van der Waals surface area contributed by atoms with E-state index in [1.165, 1.54) is 98.7 Å². The van der Waals surface area contributed by atoms with Gasteiger partial charge < -0.3 is 4.42 Å². The maximum absolute atomic E-state index is 7.10.